The minimum absolute atomic E-state index is 0.265. The predicted octanol–water partition coefficient (Wildman–Crippen LogP) is 1.59. The number of hydrogen-bond donors (Lipinski definition) is 2. The molecule has 0 saturated heterocycles. The van der Waals surface area contributed by atoms with Gasteiger partial charge < -0.3 is 5.11 Å². The lowest BCUT2D eigenvalue weighted by molar-refractivity contribution is -0.141. The lowest BCUT2D eigenvalue weighted by Gasteiger charge is -2.11. The predicted molar refractivity (Wildman–Crippen MR) is 68.1 cm³/mol. The zero-order chi connectivity index (χ0) is 13.3. The third kappa shape index (κ3) is 2.90. The van der Waals surface area contributed by atoms with Gasteiger partial charge in [0.1, 0.15) is 4.21 Å². The average Bonchev–Trinajstić information content (AvgIpc) is 2.86. The van der Waals surface area contributed by atoms with Crippen molar-refractivity contribution in [2.24, 2.45) is 5.92 Å². The van der Waals surface area contributed by atoms with E-state index in [9.17, 15) is 13.2 Å². The molecule has 18 heavy (non-hydrogen) atoms. The summed E-state index contributed by atoms with van der Waals surface area (Å²) in [6.07, 6.45) is 1.49. The van der Waals surface area contributed by atoms with Gasteiger partial charge in [-0.2, -0.15) is 0 Å². The van der Waals surface area contributed by atoms with E-state index >= 15 is 0 Å². The van der Waals surface area contributed by atoms with E-state index in [2.05, 4.69) is 4.72 Å². The monoisotopic (exact) mass is 289 g/mol. The maximum Gasteiger partial charge on any atom is 0.306 e. The fraction of sp³-hybridized carbons (Fsp3) is 0.545. The lowest BCUT2D eigenvalue weighted by Crippen LogP contribution is -2.32. The molecule has 0 spiro atoms. The Morgan fingerprint density at radius 1 is 1.44 bits per heavy atom. The number of aryl methyl sites for hydroxylation is 1. The molecule has 2 N–H and O–H groups in total. The molecule has 5 nitrogen and oxygen atoms in total. The molecule has 0 radical (unpaired) electrons. The van der Waals surface area contributed by atoms with Crippen LogP contribution in [-0.2, 0) is 14.8 Å². The number of carboxylic acid groups (broad SMARTS) is 1. The summed E-state index contributed by atoms with van der Waals surface area (Å²) in [5.74, 6) is -1.27. The molecule has 7 heteroatoms. The molecule has 0 amide bonds. The van der Waals surface area contributed by atoms with Crippen LogP contribution in [0.25, 0.3) is 0 Å². The molecule has 2 rings (SSSR count). The Morgan fingerprint density at radius 2 is 2.17 bits per heavy atom. The molecule has 1 heterocycles. The standard InChI is InChI=1S/C11H15NO4S2/c1-7-2-5-10(17-7)18(15,16)12-9-4-3-8(6-9)11(13)14/h2,5,8-9,12H,3-4,6H2,1H3,(H,13,14). The van der Waals surface area contributed by atoms with E-state index in [1.807, 2.05) is 6.92 Å². The van der Waals surface area contributed by atoms with Gasteiger partial charge in [-0.1, -0.05) is 0 Å². The number of thiophene rings is 1. The Bertz CT molecular complexity index is 549. The summed E-state index contributed by atoms with van der Waals surface area (Å²) in [6.45, 7) is 1.85. The molecule has 1 aromatic heterocycles. The van der Waals surface area contributed by atoms with E-state index in [1.54, 1.807) is 12.1 Å². The third-order valence-corrected chi connectivity index (χ3v) is 6.10. The highest BCUT2D eigenvalue weighted by molar-refractivity contribution is 7.91. The van der Waals surface area contributed by atoms with Crippen LogP contribution in [0, 0.1) is 12.8 Å². The van der Waals surface area contributed by atoms with Crippen LogP contribution >= 0.6 is 11.3 Å². The molecule has 1 aliphatic carbocycles. The molecule has 1 fully saturated rings. The van der Waals surface area contributed by atoms with Crippen LogP contribution in [0.4, 0.5) is 0 Å². The lowest BCUT2D eigenvalue weighted by atomic mass is 10.1. The zero-order valence-corrected chi connectivity index (χ0v) is 11.6. The number of rotatable bonds is 4. The topological polar surface area (TPSA) is 83.5 Å². The molecule has 2 atom stereocenters. The van der Waals surface area contributed by atoms with Gasteiger partial charge in [0.2, 0.25) is 10.0 Å². The Morgan fingerprint density at radius 3 is 2.67 bits per heavy atom. The van der Waals surface area contributed by atoms with Crippen LogP contribution in [0.5, 0.6) is 0 Å². The fourth-order valence-electron chi connectivity index (χ4n) is 2.15. The minimum atomic E-state index is -3.50. The van der Waals surface area contributed by atoms with Gasteiger partial charge in [-0.15, -0.1) is 11.3 Å². The minimum Gasteiger partial charge on any atom is -0.481 e. The SMILES string of the molecule is Cc1ccc(S(=O)(=O)NC2CCC(C(=O)O)C2)s1. The highest BCUT2D eigenvalue weighted by Crippen LogP contribution is 2.28. The molecule has 100 valence electrons. The molecular formula is C11H15NO4S2. The number of sulfonamides is 1. The van der Waals surface area contributed by atoms with Gasteiger partial charge in [-0.25, -0.2) is 13.1 Å². The number of nitrogens with one attached hydrogen (secondary N) is 1. The van der Waals surface area contributed by atoms with Gasteiger partial charge in [0, 0.05) is 10.9 Å². The van der Waals surface area contributed by atoms with Crippen molar-refractivity contribution < 1.29 is 18.3 Å². The van der Waals surface area contributed by atoms with Crippen LogP contribution in [0.3, 0.4) is 0 Å². The van der Waals surface area contributed by atoms with Crippen LogP contribution in [0.2, 0.25) is 0 Å². The van der Waals surface area contributed by atoms with Gasteiger partial charge >= 0.3 is 5.97 Å². The molecular weight excluding hydrogens is 274 g/mol. The third-order valence-electron chi connectivity index (χ3n) is 3.08. The summed E-state index contributed by atoms with van der Waals surface area (Å²) in [4.78, 5) is 11.7. The maximum absolute atomic E-state index is 12.0. The van der Waals surface area contributed by atoms with Crippen molar-refractivity contribution in [2.75, 3.05) is 0 Å². The van der Waals surface area contributed by atoms with Crippen LogP contribution < -0.4 is 4.72 Å². The first-order valence-electron chi connectivity index (χ1n) is 5.70. The summed E-state index contributed by atoms with van der Waals surface area (Å²) in [6, 6.07) is 3.07. The number of carbonyl (C=O) groups is 1. The van der Waals surface area contributed by atoms with Crippen molar-refractivity contribution in [3.8, 4) is 0 Å². The van der Waals surface area contributed by atoms with E-state index in [1.165, 1.54) is 11.3 Å². The summed E-state index contributed by atoms with van der Waals surface area (Å²) in [7, 11) is -3.50. The van der Waals surface area contributed by atoms with Crippen molar-refractivity contribution in [1.82, 2.24) is 4.72 Å². The quantitative estimate of drug-likeness (QED) is 0.881. The second-order valence-electron chi connectivity index (χ2n) is 4.53. The number of carboxylic acids is 1. The fourth-order valence-corrected chi connectivity index (χ4v) is 4.73. The molecule has 1 aromatic rings. The van der Waals surface area contributed by atoms with Crippen molar-refractivity contribution in [1.29, 1.82) is 0 Å². The normalized spacial score (nSPS) is 24.3. The highest BCUT2D eigenvalue weighted by atomic mass is 32.2. The van der Waals surface area contributed by atoms with Crippen LogP contribution in [0.1, 0.15) is 24.1 Å². The Kier molecular flexibility index (Phi) is 3.74. The van der Waals surface area contributed by atoms with Crippen molar-refractivity contribution in [3.05, 3.63) is 17.0 Å². The molecule has 1 saturated carbocycles. The van der Waals surface area contributed by atoms with E-state index in [-0.39, 0.29) is 6.04 Å². The first kappa shape index (κ1) is 13.5. The van der Waals surface area contributed by atoms with Crippen molar-refractivity contribution in [3.63, 3.8) is 0 Å². The first-order chi connectivity index (χ1) is 8.38. The summed E-state index contributed by atoms with van der Waals surface area (Å²) >= 11 is 1.22. The van der Waals surface area contributed by atoms with Crippen LogP contribution in [-0.4, -0.2) is 25.5 Å². The molecule has 0 aliphatic heterocycles. The van der Waals surface area contributed by atoms with Crippen LogP contribution in [0.15, 0.2) is 16.3 Å². The van der Waals surface area contributed by atoms with E-state index in [0.717, 1.165) is 4.88 Å². The molecule has 1 aliphatic rings. The molecule has 0 aromatic carbocycles. The van der Waals surface area contributed by atoms with Crippen molar-refractivity contribution >= 4 is 27.3 Å². The first-order valence-corrected chi connectivity index (χ1v) is 8.00. The summed E-state index contributed by atoms with van der Waals surface area (Å²) < 4.78 is 26.9. The van der Waals surface area contributed by atoms with E-state index in [4.69, 9.17) is 5.11 Å². The van der Waals surface area contributed by atoms with E-state index < -0.39 is 21.9 Å². The van der Waals surface area contributed by atoms with E-state index in [0.29, 0.717) is 23.5 Å². The average molecular weight is 289 g/mol. The largest absolute Gasteiger partial charge is 0.481 e. The van der Waals surface area contributed by atoms with Gasteiger partial charge in [0.05, 0.1) is 5.92 Å². The highest BCUT2D eigenvalue weighted by Gasteiger charge is 2.32. The number of hydrogen-bond acceptors (Lipinski definition) is 4. The second kappa shape index (κ2) is 4.99. The smallest absolute Gasteiger partial charge is 0.306 e. The number of aliphatic carboxylic acids is 1. The zero-order valence-electron chi connectivity index (χ0n) is 9.92. The Balaban J connectivity index is 2.04. The summed E-state index contributed by atoms with van der Waals surface area (Å²) in [5.41, 5.74) is 0. The second-order valence-corrected chi connectivity index (χ2v) is 7.76. The van der Waals surface area contributed by atoms with Gasteiger partial charge in [-0.05, 0) is 38.3 Å². The molecule has 2 unspecified atom stereocenters. The molecule has 0 bridgehead atoms. The van der Waals surface area contributed by atoms with Gasteiger partial charge in [-0.3, -0.25) is 4.79 Å². The van der Waals surface area contributed by atoms with Gasteiger partial charge in [0.15, 0.2) is 0 Å². The Labute approximate surface area is 110 Å². The summed E-state index contributed by atoms with van der Waals surface area (Å²) in [5, 5.41) is 8.87. The van der Waals surface area contributed by atoms with Crippen molar-refractivity contribution in [2.45, 2.75) is 36.4 Å². The Hall–Kier alpha value is -0.920. The van der Waals surface area contributed by atoms with Gasteiger partial charge in [0.25, 0.3) is 0 Å². The maximum atomic E-state index is 12.0.